The lowest BCUT2D eigenvalue weighted by Crippen LogP contribution is -2.37. The molecule has 0 saturated heterocycles. The highest BCUT2D eigenvalue weighted by Crippen LogP contribution is 2.30. The van der Waals surface area contributed by atoms with E-state index in [0.29, 0.717) is 11.3 Å². The smallest absolute Gasteiger partial charge is 0.340 e. The van der Waals surface area contributed by atoms with Crippen molar-refractivity contribution in [3.8, 4) is 0 Å². The van der Waals surface area contributed by atoms with E-state index in [-0.39, 0.29) is 11.9 Å². The van der Waals surface area contributed by atoms with E-state index in [1.165, 1.54) is 7.11 Å². The minimum atomic E-state index is -0.464. The third-order valence-corrected chi connectivity index (χ3v) is 2.48. The quantitative estimate of drug-likeness (QED) is 0.698. The number of anilines is 2. The van der Waals surface area contributed by atoms with Crippen molar-refractivity contribution in [2.24, 2.45) is 0 Å². The molecular formula is C11H12N2O3. The number of para-hydroxylation sites is 1. The Morgan fingerprint density at radius 1 is 1.44 bits per heavy atom. The van der Waals surface area contributed by atoms with Gasteiger partial charge in [-0.3, -0.25) is 4.79 Å². The lowest BCUT2D eigenvalue weighted by Gasteiger charge is -2.25. The zero-order valence-electron chi connectivity index (χ0n) is 9.03. The van der Waals surface area contributed by atoms with Gasteiger partial charge in [-0.15, -0.1) is 0 Å². The first-order chi connectivity index (χ1) is 7.63. The van der Waals surface area contributed by atoms with Gasteiger partial charge in [-0.1, -0.05) is 6.07 Å². The van der Waals surface area contributed by atoms with Crippen molar-refractivity contribution in [3.63, 3.8) is 0 Å². The molecular weight excluding hydrogens is 208 g/mol. The van der Waals surface area contributed by atoms with Crippen LogP contribution in [0, 0.1) is 0 Å². The van der Waals surface area contributed by atoms with Crippen LogP contribution in [0.4, 0.5) is 11.4 Å². The Bertz CT molecular complexity index is 457. The summed E-state index contributed by atoms with van der Waals surface area (Å²) in [5.41, 5.74) is 1.57. The Hall–Kier alpha value is -2.04. The molecule has 5 nitrogen and oxygen atoms in total. The number of amides is 1. The standard InChI is InChI=1S/C11H12N2O3/c1-6-10(14)13-9-7(11(15)16-2)4-3-5-8(9)12-6/h3-6,12H,1-2H3,(H,13,14). The molecule has 0 saturated carbocycles. The summed E-state index contributed by atoms with van der Waals surface area (Å²) in [4.78, 5) is 23.0. The van der Waals surface area contributed by atoms with Crippen molar-refractivity contribution < 1.29 is 14.3 Å². The molecule has 0 aliphatic carbocycles. The summed E-state index contributed by atoms with van der Waals surface area (Å²) in [6.07, 6.45) is 0. The van der Waals surface area contributed by atoms with Gasteiger partial charge in [-0.05, 0) is 19.1 Å². The summed E-state index contributed by atoms with van der Waals surface area (Å²) in [7, 11) is 1.31. The maximum Gasteiger partial charge on any atom is 0.340 e. The monoisotopic (exact) mass is 220 g/mol. The van der Waals surface area contributed by atoms with Gasteiger partial charge < -0.3 is 15.4 Å². The predicted molar refractivity (Wildman–Crippen MR) is 59.5 cm³/mol. The molecule has 1 heterocycles. The van der Waals surface area contributed by atoms with E-state index in [4.69, 9.17) is 0 Å². The molecule has 84 valence electrons. The maximum atomic E-state index is 11.5. The maximum absolute atomic E-state index is 11.5. The van der Waals surface area contributed by atoms with Gasteiger partial charge in [0.05, 0.1) is 24.0 Å². The first kappa shape index (κ1) is 10.5. The third kappa shape index (κ3) is 1.60. The Balaban J connectivity index is 2.48. The van der Waals surface area contributed by atoms with Crippen LogP contribution in [0.3, 0.4) is 0 Å². The number of benzene rings is 1. The van der Waals surface area contributed by atoms with Crippen molar-refractivity contribution in [1.29, 1.82) is 0 Å². The minimum absolute atomic E-state index is 0.163. The molecule has 1 unspecified atom stereocenters. The van der Waals surface area contributed by atoms with Crippen molar-refractivity contribution >= 4 is 23.3 Å². The molecule has 1 aliphatic rings. The Labute approximate surface area is 92.8 Å². The molecule has 1 aromatic rings. The lowest BCUT2D eigenvalue weighted by atomic mass is 10.1. The highest BCUT2D eigenvalue weighted by Gasteiger charge is 2.25. The second-order valence-electron chi connectivity index (χ2n) is 3.57. The average molecular weight is 220 g/mol. The first-order valence-electron chi connectivity index (χ1n) is 4.92. The molecule has 0 aromatic heterocycles. The van der Waals surface area contributed by atoms with Crippen LogP contribution < -0.4 is 10.6 Å². The van der Waals surface area contributed by atoms with Gasteiger partial charge in [0, 0.05) is 0 Å². The van der Waals surface area contributed by atoms with E-state index in [1.54, 1.807) is 25.1 Å². The molecule has 1 atom stereocenters. The Kier molecular flexibility index (Phi) is 2.52. The number of carbonyl (C=O) groups excluding carboxylic acids is 2. The average Bonchev–Trinajstić information content (AvgIpc) is 2.29. The van der Waals surface area contributed by atoms with E-state index < -0.39 is 5.97 Å². The van der Waals surface area contributed by atoms with Crippen LogP contribution in [0.25, 0.3) is 0 Å². The number of nitrogens with one attached hydrogen (secondary N) is 2. The topological polar surface area (TPSA) is 67.4 Å². The van der Waals surface area contributed by atoms with E-state index in [0.717, 1.165) is 5.69 Å². The van der Waals surface area contributed by atoms with Crippen LogP contribution in [0.5, 0.6) is 0 Å². The largest absolute Gasteiger partial charge is 0.465 e. The second kappa shape index (κ2) is 3.84. The SMILES string of the molecule is COC(=O)c1cccc2c1NC(=O)C(C)N2. The molecule has 16 heavy (non-hydrogen) atoms. The summed E-state index contributed by atoms with van der Waals surface area (Å²) in [5.74, 6) is -0.627. The molecule has 2 N–H and O–H groups in total. The number of hydrogen-bond donors (Lipinski definition) is 2. The number of methoxy groups -OCH3 is 1. The summed E-state index contributed by atoms with van der Waals surface area (Å²) in [6.45, 7) is 1.75. The molecule has 1 aliphatic heterocycles. The zero-order chi connectivity index (χ0) is 11.7. The summed E-state index contributed by atoms with van der Waals surface area (Å²) in [6, 6.07) is 4.85. The molecule has 1 aromatic carbocycles. The van der Waals surface area contributed by atoms with Crippen LogP contribution >= 0.6 is 0 Å². The summed E-state index contributed by atoms with van der Waals surface area (Å²) in [5, 5.41) is 5.70. The van der Waals surface area contributed by atoms with Gasteiger partial charge in [0.15, 0.2) is 0 Å². The fourth-order valence-electron chi connectivity index (χ4n) is 1.62. The first-order valence-corrected chi connectivity index (χ1v) is 4.92. The minimum Gasteiger partial charge on any atom is -0.465 e. The van der Waals surface area contributed by atoms with Gasteiger partial charge in [0.25, 0.3) is 0 Å². The second-order valence-corrected chi connectivity index (χ2v) is 3.57. The molecule has 0 bridgehead atoms. The highest BCUT2D eigenvalue weighted by molar-refractivity contribution is 6.09. The number of esters is 1. The van der Waals surface area contributed by atoms with Crippen LogP contribution in [-0.4, -0.2) is 25.0 Å². The lowest BCUT2D eigenvalue weighted by molar-refractivity contribution is -0.116. The van der Waals surface area contributed by atoms with Crippen LogP contribution in [0.15, 0.2) is 18.2 Å². The predicted octanol–water partition coefficient (Wildman–Crippen LogP) is 1.23. The van der Waals surface area contributed by atoms with Crippen molar-refractivity contribution in [3.05, 3.63) is 23.8 Å². The third-order valence-electron chi connectivity index (χ3n) is 2.48. The number of carbonyl (C=O) groups is 2. The Morgan fingerprint density at radius 2 is 2.19 bits per heavy atom. The number of fused-ring (bicyclic) bond motifs is 1. The van der Waals surface area contributed by atoms with Gasteiger partial charge in [-0.2, -0.15) is 0 Å². The van der Waals surface area contributed by atoms with E-state index in [2.05, 4.69) is 15.4 Å². The highest BCUT2D eigenvalue weighted by atomic mass is 16.5. The summed E-state index contributed by atoms with van der Waals surface area (Å²) < 4.78 is 4.65. The molecule has 0 radical (unpaired) electrons. The van der Waals surface area contributed by atoms with Crippen LogP contribution in [0.1, 0.15) is 17.3 Å². The van der Waals surface area contributed by atoms with E-state index in [9.17, 15) is 9.59 Å². The number of ether oxygens (including phenoxy) is 1. The fourth-order valence-corrected chi connectivity index (χ4v) is 1.62. The van der Waals surface area contributed by atoms with Gasteiger partial charge in [-0.25, -0.2) is 4.79 Å². The number of hydrogen-bond acceptors (Lipinski definition) is 4. The Morgan fingerprint density at radius 3 is 2.88 bits per heavy atom. The number of rotatable bonds is 1. The van der Waals surface area contributed by atoms with Crippen LogP contribution in [0.2, 0.25) is 0 Å². The normalized spacial score (nSPS) is 18.1. The van der Waals surface area contributed by atoms with Gasteiger partial charge in [0.2, 0.25) is 5.91 Å². The van der Waals surface area contributed by atoms with Crippen molar-refractivity contribution in [2.45, 2.75) is 13.0 Å². The molecule has 0 fully saturated rings. The van der Waals surface area contributed by atoms with E-state index in [1.807, 2.05) is 0 Å². The van der Waals surface area contributed by atoms with Crippen LogP contribution in [-0.2, 0) is 9.53 Å². The van der Waals surface area contributed by atoms with Crippen molar-refractivity contribution in [2.75, 3.05) is 17.7 Å². The zero-order valence-corrected chi connectivity index (χ0v) is 9.03. The van der Waals surface area contributed by atoms with Crippen molar-refractivity contribution in [1.82, 2.24) is 0 Å². The van der Waals surface area contributed by atoms with E-state index >= 15 is 0 Å². The molecule has 0 spiro atoms. The molecule has 2 rings (SSSR count). The molecule has 1 amide bonds. The molecule has 5 heteroatoms. The fraction of sp³-hybridized carbons (Fsp3) is 0.273. The summed E-state index contributed by atoms with van der Waals surface area (Å²) >= 11 is 0. The van der Waals surface area contributed by atoms with Gasteiger partial charge in [0.1, 0.15) is 6.04 Å². The van der Waals surface area contributed by atoms with Gasteiger partial charge >= 0.3 is 5.97 Å².